The molecule has 1 atom stereocenters. The third-order valence-electron chi connectivity index (χ3n) is 2.62. The van der Waals surface area contributed by atoms with E-state index in [1.807, 2.05) is 30.3 Å². The van der Waals surface area contributed by atoms with Crippen molar-refractivity contribution < 1.29 is 17.9 Å². The molecule has 0 unspecified atom stereocenters. The van der Waals surface area contributed by atoms with Crippen molar-refractivity contribution in [3.63, 3.8) is 0 Å². The van der Waals surface area contributed by atoms with Crippen LogP contribution in [0.3, 0.4) is 0 Å². The van der Waals surface area contributed by atoms with E-state index in [1.54, 1.807) is 20.8 Å². The summed E-state index contributed by atoms with van der Waals surface area (Å²) >= 11 is 0. The zero-order chi connectivity index (χ0) is 16.1. The number of benzene rings is 1. The normalized spacial score (nSPS) is 13.7. The van der Waals surface area contributed by atoms with Gasteiger partial charge in [-0.25, -0.2) is 13.1 Å². The van der Waals surface area contributed by atoms with Crippen molar-refractivity contribution in [1.82, 2.24) is 4.72 Å². The van der Waals surface area contributed by atoms with Gasteiger partial charge in [0.25, 0.3) is 0 Å². The molecular weight excluding hydrogens is 290 g/mol. The first-order valence-electron chi connectivity index (χ1n) is 6.86. The Balaban J connectivity index is 2.54. The molecule has 0 aliphatic carbocycles. The zero-order valence-electron chi connectivity index (χ0n) is 12.9. The molecule has 1 N–H and O–H groups in total. The molecule has 0 saturated heterocycles. The molecule has 118 valence electrons. The predicted molar refractivity (Wildman–Crippen MR) is 82.4 cm³/mol. The van der Waals surface area contributed by atoms with Gasteiger partial charge in [0.1, 0.15) is 11.6 Å². The van der Waals surface area contributed by atoms with Crippen molar-refractivity contribution in [1.29, 1.82) is 0 Å². The fraction of sp³-hybridized carbons (Fsp3) is 0.533. The minimum Gasteiger partial charge on any atom is -0.459 e. The number of hydrogen-bond donors (Lipinski definition) is 1. The van der Waals surface area contributed by atoms with Gasteiger partial charge in [0, 0.05) is 0 Å². The summed E-state index contributed by atoms with van der Waals surface area (Å²) in [6, 6.07) is 8.43. The Hall–Kier alpha value is -1.40. The molecule has 1 aromatic carbocycles. The van der Waals surface area contributed by atoms with E-state index in [0.717, 1.165) is 5.56 Å². The number of sulfonamides is 1. The number of ether oxygens (including phenoxy) is 1. The van der Waals surface area contributed by atoms with Gasteiger partial charge in [-0.15, -0.1) is 0 Å². The fourth-order valence-electron chi connectivity index (χ4n) is 1.66. The van der Waals surface area contributed by atoms with E-state index in [9.17, 15) is 13.2 Å². The van der Waals surface area contributed by atoms with Crippen LogP contribution in [0.5, 0.6) is 0 Å². The lowest BCUT2D eigenvalue weighted by Gasteiger charge is -2.22. The molecule has 0 radical (unpaired) electrons. The van der Waals surface area contributed by atoms with Crippen LogP contribution in [0.1, 0.15) is 33.3 Å². The monoisotopic (exact) mass is 313 g/mol. The standard InChI is InChI=1S/C15H23NO4S/c1-12(14(17)20-15(2,3)4)16-21(18,19)11-10-13-8-6-5-7-9-13/h5-9,12,16H,10-11H2,1-4H3/t12-/m0/s1. The minimum atomic E-state index is -3.53. The second-order valence-electron chi connectivity index (χ2n) is 5.93. The molecule has 0 aliphatic rings. The van der Waals surface area contributed by atoms with Crippen LogP contribution in [-0.4, -0.2) is 31.8 Å². The highest BCUT2D eigenvalue weighted by Crippen LogP contribution is 2.09. The lowest BCUT2D eigenvalue weighted by molar-refractivity contribution is -0.156. The zero-order valence-corrected chi connectivity index (χ0v) is 13.7. The Bertz CT molecular complexity index is 561. The Morgan fingerprint density at radius 2 is 1.81 bits per heavy atom. The van der Waals surface area contributed by atoms with Gasteiger partial charge in [-0.2, -0.15) is 0 Å². The third-order valence-corrected chi connectivity index (χ3v) is 4.07. The van der Waals surface area contributed by atoms with Crippen LogP contribution in [0.4, 0.5) is 0 Å². The van der Waals surface area contributed by atoms with Crippen LogP contribution >= 0.6 is 0 Å². The molecule has 0 saturated carbocycles. The van der Waals surface area contributed by atoms with Crippen LogP contribution in [0.25, 0.3) is 0 Å². The molecule has 0 aliphatic heterocycles. The average Bonchev–Trinajstić information content (AvgIpc) is 2.35. The van der Waals surface area contributed by atoms with E-state index in [0.29, 0.717) is 6.42 Å². The maximum absolute atomic E-state index is 12.0. The summed E-state index contributed by atoms with van der Waals surface area (Å²) in [6.07, 6.45) is 0.400. The fourth-order valence-corrected chi connectivity index (χ4v) is 2.92. The first kappa shape index (κ1) is 17.7. The Kier molecular flexibility index (Phi) is 5.92. The number of carbonyl (C=O) groups excluding carboxylic acids is 1. The van der Waals surface area contributed by atoms with Crippen molar-refractivity contribution >= 4 is 16.0 Å². The van der Waals surface area contributed by atoms with Crippen molar-refractivity contribution in [2.24, 2.45) is 0 Å². The van der Waals surface area contributed by atoms with Gasteiger partial charge in [0.15, 0.2) is 0 Å². The smallest absolute Gasteiger partial charge is 0.324 e. The number of esters is 1. The molecule has 0 spiro atoms. The van der Waals surface area contributed by atoms with Crippen LogP contribution in [0.15, 0.2) is 30.3 Å². The lowest BCUT2D eigenvalue weighted by atomic mass is 10.2. The van der Waals surface area contributed by atoms with Gasteiger partial charge in [-0.3, -0.25) is 4.79 Å². The number of carbonyl (C=O) groups is 1. The van der Waals surface area contributed by atoms with Gasteiger partial charge in [-0.1, -0.05) is 30.3 Å². The van der Waals surface area contributed by atoms with Crippen molar-refractivity contribution in [2.45, 2.75) is 45.8 Å². The first-order valence-corrected chi connectivity index (χ1v) is 8.51. The molecule has 0 aromatic heterocycles. The topological polar surface area (TPSA) is 72.5 Å². The summed E-state index contributed by atoms with van der Waals surface area (Å²) < 4.78 is 31.4. The molecule has 0 amide bonds. The molecule has 6 heteroatoms. The second kappa shape index (κ2) is 7.04. The lowest BCUT2D eigenvalue weighted by Crippen LogP contribution is -2.43. The molecule has 0 bridgehead atoms. The van der Waals surface area contributed by atoms with E-state index in [-0.39, 0.29) is 5.75 Å². The number of hydrogen-bond acceptors (Lipinski definition) is 4. The largest absolute Gasteiger partial charge is 0.459 e. The molecular formula is C15H23NO4S. The summed E-state index contributed by atoms with van der Waals surface area (Å²) in [4.78, 5) is 11.8. The number of rotatable bonds is 6. The number of nitrogens with one attached hydrogen (secondary N) is 1. The summed E-state index contributed by atoms with van der Waals surface area (Å²) in [5.41, 5.74) is 0.300. The predicted octanol–water partition coefficient (Wildman–Crippen LogP) is 1.88. The van der Waals surface area contributed by atoms with Gasteiger partial charge in [0.05, 0.1) is 5.75 Å². The van der Waals surface area contributed by atoms with Gasteiger partial charge >= 0.3 is 5.97 Å². The third kappa shape index (κ3) is 7.24. The van der Waals surface area contributed by atoms with E-state index < -0.39 is 27.6 Å². The first-order chi connectivity index (χ1) is 9.59. The highest BCUT2D eigenvalue weighted by atomic mass is 32.2. The maximum Gasteiger partial charge on any atom is 0.324 e. The maximum atomic E-state index is 12.0. The summed E-state index contributed by atoms with van der Waals surface area (Å²) in [5, 5.41) is 0. The molecule has 5 nitrogen and oxygen atoms in total. The summed E-state index contributed by atoms with van der Waals surface area (Å²) in [5.74, 6) is -0.643. The van der Waals surface area contributed by atoms with Crippen LogP contribution < -0.4 is 4.72 Å². The van der Waals surface area contributed by atoms with Gasteiger partial charge < -0.3 is 4.74 Å². The second-order valence-corrected chi connectivity index (χ2v) is 7.80. The van der Waals surface area contributed by atoms with E-state index in [1.165, 1.54) is 6.92 Å². The van der Waals surface area contributed by atoms with E-state index >= 15 is 0 Å². The van der Waals surface area contributed by atoms with Crippen molar-refractivity contribution in [2.75, 3.05) is 5.75 Å². The molecule has 0 heterocycles. The molecule has 1 aromatic rings. The van der Waals surface area contributed by atoms with Crippen LogP contribution in [0, 0.1) is 0 Å². The Morgan fingerprint density at radius 1 is 1.24 bits per heavy atom. The minimum absolute atomic E-state index is 0.0653. The molecule has 0 fully saturated rings. The van der Waals surface area contributed by atoms with Crippen LogP contribution in [-0.2, 0) is 26.0 Å². The van der Waals surface area contributed by atoms with E-state index in [2.05, 4.69) is 4.72 Å². The highest BCUT2D eigenvalue weighted by Gasteiger charge is 2.25. The SMILES string of the molecule is C[C@H](NS(=O)(=O)CCc1ccccc1)C(=O)OC(C)(C)C. The van der Waals surface area contributed by atoms with Crippen molar-refractivity contribution in [3.8, 4) is 0 Å². The van der Waals surface area contributed by atoms with E-state index in [4.69, 9.17) is 4.74 Å². The Labute approximate surface area is 126 Å². The quantitative estimate of drug-likeness (QED) is 0.814. The summed E-state index contributed by atoms with van der Waals surface area (Å²) in [6.45, 7) is 6.69. The number of aryl methyl sites for hydroxylation is 1. The average molecular weight is 313 g/mol. The Morgan fingerprint density at radius 3 is 2.33 bits per heavy atom. The summed E-state index contributed by atoms with van der Waals surface area (Å²) in [7, 11) is -3.53. The van der Waals surface area contributed by atoms with Gasteiger partial charge in [0.2, 0.25) is 10.0 Å². The van der Waals surface area contributed by atoms with Crippen LogP contribution in [0.2, 0.25) is 0 Å². The molecule has 1 rings (SSSR count). The molecule has 21 heavy (non-hydrogen) atoms. The van der Waals surface area contributed by atoms with Gasteiger partial charge in [-0.05, 0) is 39.7 Å². The van der Waals surface area contributed by atoms with Crippen molar-refractivity contribution in [3.05, 3.63) is 35.9 Å². The highest BCUT2D eigenvalue weighted by molar-refractivity contribution is 7.89.